The molecule has 2 amide bonds. The molecule has 0 aliphatic rings. The normalized spacial score (nSPS) is 10.3. The fourth-order valence-corrected chi connectivity index (χ4v) is 2.98. The fourth-order valence-electron chi connectivity index (χ4n) is 2.25. The van der Waals surface area contributed by atoms with Crippen molar-refractivity contribution >= 4 is 40.5 Å². The summed E-state index contributed by atoms with van der Waals surface area (Å²) in [6.07, 6.45) is 2.45. The summed E-state index contributed by atoms with van der Waals surface area (Å²) in [6.45, 7) is 1.31. The number of nitro benzene ring substituents is 1. The van der Waals surface area contributed by atoms with Crippen LogP contribution in [0, 0.1) is 10.1 Å². The lowest BCUT2D eigenvalue weighted by Crippen LogP contribution is -2.15. The Bertz CT molecular complexity index is 1000. The fraction of sp³-hybridized carbons (Fsp3) is 0.0588. The third kappa shape index (κ3) is 4.30. The second-order valence-electron chi connectivity index (χ2n) is 5.40. The second kappa shape index (κ2) is 7.70. The first kappa shape index (κ1) is 18.1. The minimum absolute atomic E-state index is 0.0599. The average molecular weight is 383 g/mol. The third-order valence-corrected chi connectivity index (χ3v) is 4.37. The second-order valence-corrected chi connectivity index (χ2v) is 6.34. The number of carbonyl (C=O) groups excluding carboxylic acids is 2. The van der Waals surface area contributed by atoms with Gasteiger partial charge >= 0.3 is 0 Å². The topological polar surface area (TPSA) is 127 Å². The zero-order valence-electron chi connectivity index (χ0n) is 14.0. The molecule has 0 aliphatic carbocycles. The Morgan fingerprint density at radius 3 is 2.48 bits per heavy atom. The molecule has 136 valence electrons. The number of anilines is 2. The number of amides is 2. The molecule has 0 saturated carbocycles. The van der Waals surface area contributed by atoms with Crippen LogP contribution >= 0.6 is 11.3 Å². The number of hydrogen-bond acceptors (Lipinski definition) is 7. The molecule has 3 rings (SSSR count). The van der Waals surface area contributed by atoms with Crippen LogP contribution in [0.25, 0.3) is 10.4 Å². The quantitative estimate of drug-likeness (QED) is 0.514. The van der Waals surface area contributed by atoms with Gasteiger partial charge in [-0.1, -0.05) is 6.07 Å². The number of rotatable bonds is 5. The lowest BCUT2D eigenvalue weighted by Gasteiger charge is -2.08. The lowest BCUT2D eigenvalue weighted by molar-refractivity contribution is -0.383. The van der Waals surface area contributed by atoms with Crippen LogP contribution in [0.4, 0.5) is 17.3 Å². The zero-order chi connectivity index (χ0) is 19.4. The molecule has 3 aromatic rings. The highest BCUT2D eigenvalue weighted by Crippen LogP contribution is 2.32. The largest absolute Gasteiger partial charge is 0.316 e. The van der Waals surface area contributed by atoms with Gasteiger partial charge in [0.25, 0.3) is 11.6 Å². The predicted octanol–water partition coefficient (Wildman–Crippen LogP) is 3.32. The molecule has 0 fully saturated rings. The number of aromatic nitrogens is 2. The van der Waals surface area contributed by atoms with Crippen molar-refractivity contribution in [3.63, 3.8) is 0 Å². The van der Waals surface area contributed by atoms with Crippen LogP contribution in [0.2, 0.25) is 0 Å². The summed E-state index contributed by atoms with van der Waals surface area (Å²) in [7, 11) is 0. The van der Waals surface area contributed by atoms with E-state index in [9.17, 15) is 19.7 Å². The molecule has 0 bridgehead atoms. The number of nitro groups is 1. The van der Waals surface area contributed by atoms with Crippen molar-refractivity contribution in [3.05, 3.63) is 63.8 Å². The Morgan fingerprint density at radius 2 is 1.89 bits per heavy atom. The van der Waals surface area contributed by atoms with E-state index < -0.39 is 10.8 Å². The van der Waals surface area contributed by atoms with E-state index in [1.54, 1.807) is 12.1 Å². The Hall–Kier alpha value is -3.66. The highest BCUT2D eigenvalue weighted by molar-refractivity contribution is 7.13. The average Bonchev–Trinajstić information content (AvgIpc) is 3.16. The SMILES string of the molecule is CC(=O)Nc1ncc(C(=O)Nc2cc(-c3cccs3)ccc2[N+](=O)[O-])cn1. The Morgan fingerprint density at radius 1 is 1.15 bits per heavy atom. The van der Waals surface area contributed by atoms with E-state index in [2.05, 4.69) is 20.6 Å². The zero-order valence-corrected chi connectivity index (χ0v) is 14.8. The molecule has 0 atom stereocenters. The molecule has 9 nitrogen and oxygen atoms in total. The molecule has 2 aromatic heterocycles. The summed E-state index contributed by atoms with van der Waals surface area (Å²) < 4.78 is 0. The van der Waals surface area contributed by atoms with E-state index in [-0.39, 0.29) is 28.8 Å². The van der Waals surface area contributed by atoms with Gasteiger partial charge in [0.1, 0.15) is 5.69 Å². The highest BCUT2D eigenvalue weighted by Gasteiger charge is 2.18. The summed E-state index contributed by atoms with van der Waals surface area (Å²) in [6, 6.07) is 8.28. The molecule has 0 unspecified atom stereocenters. The number of benzene rings is 1. The van der Waals surface area contributed by atoms with Crippen LogP contribution in [0.3, 0.4) is 0 Å². The first-order chi connectivity index (χ1) is 12.9. The van der Waals surface area contributed by atoms with Crippen molar-refractivity contribution in [1.82, 2.24) is 9.97 Å². The Labute approximate surface area is 157 Å². The third-order valence-electron chi connectivity index (χ3n) is 3.45. The first-order valence-corrected chi connectivity index (χ1v) is 8.55. The van der Waals surface area contributed by atoms with E-state index in [0.29, 0.717) is 0 Å². The summed E-state index contributed by atoms with van der Waals surface area (Å²) in [5.74, 6) is -0.881. The van der Waals surface area contributed by atoms with Gasteiger partial charge in [-0.25, -0.2) is 9.97 Å². The van der Waals surface area contributed by atoms with Crippen molar-refractivity contribution in [2.45, 2.75) is 6.92 Å². The molecule has 27 heavy (non-hydrogen) atoms. The van der Waals surface area contributed by atoms with Crippen molar-refractivity contribution in [2.75, 3.05) is 10.6 Å². The van der Waals surface area contributed by atoms with E-state index in [4.69, 9.17) is 0 Å². The van der Waals surface area contributed by atoms with Gasteiger partial charge in [-0.3, -0.25) is 25.0 Å². The molecular formula is C17H13N5O4S. The van der Waals surface area contributed by atoms with E-state index in [0.717, 1.165) is 10.4 Å². The monoisotopic (exact) mass is 383 g/mol. The summed E-state index contributed by atoms with van der Waals surface area (Å²) in [5, 5.41) is 18.1. The van der Waals surface area contributed by atoms with Gasteiger partial charge in [-0.2, -0.15) is 0 Å². The number of hydrogen-bond donors (Lipinski definition) is 2. The molecule has 0 saturated heterocycles. The van der Waals surface area contributed by atoms with Crippen LogP contribution in [0.5, 0.6) is 0 Å². The molecule has 10 heteroatoms. The van der Waals surface area contributed by atoms with E-state index >= 15 is 0 Å². The molecular weight excluding hydrogens is 370 g/mol. The van der Waals surface area contributed by atoms with Gasteiger partial charge in [-0.15, -0.1) is 11.3 Å². The Balaban J connectivity index is 1.86. The van der Waals surface area contributed by atoms with Crippen molar-refractivity contribution in [1.29, 1.82) is 0 Å². The van der Waals surface area contributed by atoms with Gasteiger partial charge in [0, 0.05) is 30.3 Å². The molecule has 1 aromatic carbocycles. The van der Waals surface area contributed by atoms with Gasteiger partial charge in [-0.05, 0) is 29.1 Å². The lowest BCUT2D eigenvalue weighted by atomic mass is 10.1. The van der Waals surface area contributed by atoms with Gasteiger partial charge in [0.15, 0.2) is 0 Å². The minimum atomic E-state index is -0.601. The predicted molar refractivity (Wildman–Crippen MR) is 101 cm³/mol. The standard InChI is InChI=1S/C17H13N5O4S/c1-10(23)20-17-18-8-12(9-19-17)16(24)21-13-7-11(15-3-2-6-27-15)4-5-14(13)22(25)26/h2-9H,1H3,(H,21,24)(H,18,19,20,23). The molecule has 2 heterocycles. The van der Waals surface area contributed by atoms with E-state index in [1.807, 2.05) is 17.5 Å². The maximum Gasteiger partial charge on any atom is 0.292 e. The van der Waals surface area contributed by atoms with Crippen LogP contribution in [-0.2, 0) is 4.79 Å². The molecule has 0 spiro atoms. The minimum Gasteiger partial charge on any atom is -0.316 e. The van der Waals surface area contributed by atoms with Crippen molar-refractivity contribution in [3.8, 4) is 10.4 Å². The smallest absolute Gasteiger partial charge is 0.292 e. The van der Waals surface area contributed by atoms with Crippen LogP contribution in [-0.4, -0.2) is 26.7 Å². The summed E-state index contributed by atoms with van der Waals surface area (Å²) in [4.78, 5) is 42.7. The summed E-state index contributed by atoms with van der Waals surface area (Å²) in [5.41, 5.74) is 0.698. The van der Waals surface area contributed by atoms with Crippen LogP contribution < -0.4 is 10.6 Å². The van der Waals surface area contributed by atoms with Crippen molar-refractivity contribution < 1.29 is 14.5 Å². The first-order valence-electron chi connectivity index (χ1n) is 7.67. The van der Waals surface area contributed by atoms with E-state index in [1.165, 1.54) is 36.7 Å². The van der Waals surface area contributed by atoms with Gasteiger partial charge < -0.3 is 5.32 Å². The molecule has 0 aliphatic heterocycles. The highest BCUT2D eigenvalue weighted by atomic mass is 32.1. The Kier molecular flexibility index (Phi) is 5.18. The number of nitrogens with zero attached hydrogens (tertiary/aromatic N) is 3. The summed E-state index contributed by atoms with van der Waals surface area (Å²) >= 11 is 1.48. The molecule has 2 N–H and O–H groups in total. The van der Waals surface area contributed by atoms with Crippen LogP contribution in [0.1, 0.15) is 17.3 Å². The van der Waals surface area contributed by atoms with Crippen LogP contribution in [0.15, 0.2) is 48.1 Å². The van der Waals surface area contributed by atoms with Gasteiger partial charge in [0.2, 0.25) is 11.9 Å². The number of thiophene rings is 1. The van der Waals surface area contributed by atoms with Gasteiger partial charge in [0.05, 0.1) is 10.5 Å². The maximum atomic E-state index is 12.4. The molecule has 0 radical (unpaired) electrons. The van der Waals surface area contributed by atoms with Crippen molar-refractivity contribution in [2.24, 2.45) is 0 Å². The number of nitrogens with one attached hydrogen (secondary N) is 2. The maximum absolute atomic E-state index is 12.4. The number of carbonyl (C=O) groups is 2.